The molecule has 0 aliphatic heterocycles. The summed E-state index contributed by atoms with van der Waals surface area (Å²) in [4.78, 5) is 19.9. The highest BCUT2D eigenvalue weighted by Gasteiger charge is 2.52. The van der Waals surface area contributed by atoms with Gasteiger partial charge in [-0.3, -0.25) is 9.78 Å². The van der Waals surface area contributed by atoms with Crippen LogP contribution in [0.4, 0.5) is 4.39 Å². The molecule has 0 saturated heterocycles. The van der Waals surface area contributed by atoms with Crippen molar-refractivity contribution in [2.45, 2.75) is 24.8 Å². The largest absolute Gasteiger partial charge is 0.361 e. The summed E-state index contributed by atoms with van der Waals surface area (Å²) >= 11 is 0. The lowest BCUT2D eigenvalue weighted by Crippen LogP contribution is -2.34. The van der Waals surface area contributed by atoms with Gasteiger partial charge in [0.05, 0.1) is 5.41 Å². The number of benzene rings is 1. The Bertz CT molecular complexity index is 868. The number of fused-ring (bicyclic) bond motifs is 1. The van der Waals surface area contributed by atoms with E-state index in [1.807, 2.05) is 18.3 Å². The van der Waals surface area contributed by atoms with E-state index in [4.69, 9.17) is 0 Å². The Morgan fingerprint density at radius 2 is 2.22 bits per heavy atom. The van der Waals surface area contributed by atoms with Crippen LogP contribution in [0.1, 0.15) is 24.0 Å². The number of H-pyrrole nitrogens is 1. The lowest BCUT2D eigenvalue weighted by molar-refractivity contribution is -0.123. The second-order valence-corrected chi connectivity index (χ2v) is 6.02. The first-order valence-electron chi connectivity index (χ1n) is 7.63. The van der Waals surface area contributed by atoms with E-state index in [1.54, 1.807) is 18.5 Å². The molecule has 0 bridgehead atoms. The van der Waals surface area contributed by atoms with Crippen LogP contribution in [0.25, 0.3) is 10.9 Å². The minimum Gasteiger partial charge on any atom is -0.361 e. The summed E-state index contributed by atoms with van der Waals surface area (Å²) in [7, 11) is 0. The average molecular weight is 309 g/mol. The van der Waals surface area contributed by atoms with E-state index in [-0.39, 0.29) is 11.7 Å². The Hall–Kier alpha value is -2.69. The molecule has 4 nitrogen and oxygen atoms in total. The minimum absolute atomic E-state index is 0.00786. The molecule has 2 aromatic heterocycles. The summed E-state index contributed by atoms with van der Waals surface area (Å²) in [6, 6.07) is 8.39. The highest BCUT2D eigenvalue weighted by atomic mass is 19.1. The number of pyridine rings is 1. The molecule has 23 heavy (non-hydrogen) atoms. The monoisotopic (exact) mass is 309 g/mol. The standard InChI is InChI=1S/C18H16FN3O/c19-13-3-4-16-14(8-13)15(11-21-16)18(5-6-18)17(23)22-10-12-2-1-7-20-9-12/h1-4,7-9,11,21H,5-6,10H2,(H,22,23). The van der Waals surface area contributed by atoms with Crippen molar-refractivity contribution in [3.05, 3.63) is 65.9 Å². The maximum absolute atomic E-state index is 13.6. The third-order valence-electron chi connectivity index (χ3n) is 4.52. The number of nitrogens with zero attached hydrogens (tertiary/aromatic N) is 1. The number of amides is 1. The Morgan fingerprint density at radius 3 is 2.96 bits per heavy atom. The lowest BCUT2D eigenvalue weighted by atomic mass is 9.94. The van der Waals surface area contributed by atoms with Crippen molar-refractivity contribution in [2.24, 2.45) is 0 Å². The third kappa shape index (κ3) is 2.38. The molecule has 1 saturated carbocycles. The minimum atomic E-state index is -0.533. The van der Waals surface area contributed by atoms with Crippen LogP contribution in [-0.2, 0) is 16.8 Å². The summed E-state index contributed by atoms with van der Waals surface area (Å²) in [6.45, 7) is 0.450. The fraction of sp³-hybridized carbons (Fsp3) is 0.222. The summed E-state index contributed by atoms with van der Waals surface area (Å²) in [5.74, 6) is -0.295. The molecule has 0 radical (unpaired) electrons. The predicted octanol–water partition coefficient (Wildman–Crippen LogP) is 3.05. The topological polar surface area (TPSA) is 57.8 Å². The van der Waals surface area contributed by atoms with Gasteiger partial charge in [-0.1, -0.05) is 6.07 Å². The smallest absolute Gasteiger partial charge is 0.231 e. The lowest BCUT2D eigenvalue weighted by Gasteiger charge is -2.15. The molecule has 116 valence electrons. The van der Waals surface area contributed by atoms with Gasteiger partial charge in [0.2, 0.25) is 5.91 Å². The summed E-state index contributed by atoms with van der Waals surface area (Å²) < 4.78 is 13.6. The number of hydrogen-bond acceptors (Lipinski definition) is 2. The first-order chi connectivity index (χ1) is 11.2. The maximum atomic E-state index is 13.6. The Balaban J connectivity index is 1.59. The molecule has 1 amide bonds. The fourth-order valence-electron chi connectivity index (χ4n) is 3.09. The zero-order chi connectivity index (χ0) is 15.9. The van der Waals surface area contributed by atoms with Gasteiger partial charge in [-0.25, -0.2) is 4.39 Å². The van der Waals surface area contributed by atoms with E-state index in [0.29, 0.717) is 6.54 Å². The molecule has 0 spiro atoms. The molecule has 1 aromatic carbocycles. The molecule has 1 fully saturated rings. The van der Waals surface area contributed by atoms with Crippen LogP contribution in [0.5, 0.6) is 0 Å². The first kappa shape index (κ1) is 13.9. The zero-order valence-corrected chi connectivity index (χ0v) is 12.5. The van der Waals surface area contributed by atoms with Crippen LogP contribution in [0.15, 0.2) is 48.9 Å². The number of nitrogens with one attached hydrogen (secondary N) is 2. The SMILES string of the molecule is O=C(NCc1cccnc1)C1(c2c[nH]c3ccc(F)cc23)CC1. The molecule has 2 N–H and O–H groups in total. The molecular weight excluding hydrogens is 293 g/mol. The average Bonchev–Trinajstić information content (AvgIpc) is 3.28. The number of carbonyl (C=O) groups is 1. The van der Waals surface area contributed by atoms with Crippen LogP contribution in [0, 0.1) is 5.82 Å². The highest BCUT2D eigenvalue weighted by molar-refractivity contribution is 5.97. The van der Waals surface area contributed by atoms with E-state index in [2.05, 4.69) is 15.3 Å². The van der Waals surface area contributed by atoms with Gasteiger partial charge in [0.1, 0.15) is 5.82 Å². The number of rotatable bonds is 4. The van der Waals surface area contributed by atoms with Crippen LogP contribution in [-0.4, -0.2) is 15.9 Å². The molecule has 4 rings (SSSR count). The Kier molecular flexibility index (Phi) is 3.15. The third-order valence-corrected chi connectivity index (χ3v) is 4.52. The molecule has 5 heteroatoms. The maximum Gasteiger partial charge on any atom is 0.231 e. The van der Waals surface area contributed by atoms with Gasteiger partial charge >= 0.3 is 0 Å². The van der Waals surface area contributed by atoms with Crippen molar-refractivity contribution in [3.63, 3.8) is 0 Å². The number of aromatic nitrogens is 2. The molecular formula is C18H16FN3O. The quantitative estimate of drug-likeness (QED) is 0.778. The summed E-state index contributed by atoms with van der Waals surface area (Å²) in [5, 5.41) is 3.77. The van der Waals surface area contributed by atoms with Crippen molar-refractivity contribution in [2.75, 3.05) is 0 Å². The number of carbonyl (C=O) groups excluding carboxylic acids is 1. The first-order valence-corrected chi connectivity index (χ1v) is 7.63. The Labute approximate surface area is 132 Å². The van der Waals surface area contributed by atoms with Gasteiger partial charge in [-0.05, 0) is 48.2 Å². The van der Waals surface area contributed by atoms with Gasteiger partial charge < -0.3 is 10.3 Å². The van der Waals surface area contributed by atoms with E-state index in [0.717, 1.165) is 34.9 Å². The predicted molar refractivity (Wildman–Crippen MR) is 85.3 cm³/mol. The van der Waals surface area contributed by atoms with E-state index >= 15 is 0 Å². The normalized spacial score (nSPS) is 15.5. The summed E-state index contributed by atoms with van der Waals surface area (Å²) in [5.41, 5.74) is 2.17. The number of halogens is 1. The van der Waals surface area contributed by atoms with Crippen LogP contribution >= 0.6 is 0 Å². The number of aromatic amines is 1. The van der Waals surface area contributed by atoms with Crippen molar-refractivity contribution in [1.82, 2.24) is 15.3 Å². The van der Waals surface area contributed by atoms with E-state index in [9.17, 15) is 9.18 Å². The molecule has 0 atom stereocenters. The van der Waals surface area contributed by atoms with Crippen LogP contribution in [0.3, 0.4) is 0 Å². The highest BCUT2D eigenvalue weighted by Crippen LogP contribution is 2.50. The Morgan fingerprint density at radius 1 is 1.35 bits per heavy atom. The van der Waals surface area contributed by atoms with E-state index in [1.165, 1.54) is 12.1 Å². The van der Waals surface area contributed by atoms with Gasteiger partial charge in [0.15, 0.2) is 0 Å². The van der Waals surface area contributed by atoms with Gasteiger partial charge in [-0.2, -0.15) is 0 Å². The van der Waals surface area contributed by atoms with Gasteiger partial charge in [-0.15, -0.1) is 0 Å². The molecule has 1 aliphatic rings. The van der Waals surface area contributed by atoms with Crippen molar-refractivity contribution >= 4 is 16.8 Å². The van der Waals surface area contributed by atoms with Crippen molar-refractivity contribution in [3.8, 4) is 0 Å². The second-order valence-electron chi connectivity index (χ2n) is 6.02. The molecule has 3 aromatic rings. The van der Waals surface area contributed by atoms with Crippen molar-refractivity contribution in [1.29, 1.82) is 0 Å². The molecule has 1 aliphatic carbocycles. The number of hydrogen-bond donors (Lipinski definition) is 2. The fourth-order valence-corrected chi connectivity index (χ4v) is 3.09. The molecule has 2 heterocycles. The van der Waals surface area contributed by atoms with Crippen molar-refractivity contribution < 1.29 is 9.18 Å². The second kappa shape index (κ2) is 5.19. The van der Waals surface area contributed by atoms with E-state index < -0.39 is 5.41 Å². The molecule has 0 unspecified atom stereocenters. The van der Waals surface area contributed by atoms with Gasteiger partial charge in [0, 0.05) is 36.0 Å². The van der Waals surface area contributed by atoms with Crippen LogP contribution < -0.4 is 5.32 Å². The van der Waals surface area contributed by atoms with Crippen LogP contribution in [0.2, 0.25) is 0 Å². The summed E-state index contributed by atoms with van der Waals surface area (Å²) in [6.07, 6.45) is 6.85. The zero-order valence-electron chi connectivity index (χ0n) is 12.5. The van der Waals surface area contributed by atoms with Gasteiger partial charge in [0.25, 0.3) is 0 Å².